The first-order chi connectivity index (χ1) is 10.8. The van der Waals surface area contributed by atoms with E-state index in [-0.39, 0.29) is 6.10 Å². The van der Waals surface area contributed by atoms with E-state index < -0.39 is 0 Å². The van der Waals surface area contributed by atoms with Crippen molar-refractivity contribution < 1.29 is 9.84 Å². The van der Waals surface area contributed by atoms with Gasteiger partial charge in [-0.25, -0.2) is 0 Å². The number of ether oxygens (including phenoxy) is 1. The van der Waals surface area contributed by atoms with Gasteiger partial charge >= 0.3 is 0 Å². The predicted octanol–water partition coefficient (Wildman–Crippen LogP) is 4.37. The van der Waals surface area contributed by atoms with Crippen LogP contribution in [0, 0.1) is 0 Å². The summed E-state index contributed by atoms with van der Waals surface area (Å²) in [6, 6.07) is 20.7. The van der Waals surface area contributed by atoms with E-state index in [1.165, 1.54) is 11.1 Å². The molecule has 0 fully saturated rings. The molecule has 0 aliphatic rings. The van der Waals surface area contributed by atoms with Gasteiger partial charge in [0.25, 0.3) is 0 Å². The maximum atomic E-state index is 9.96. The summed E-state index contributed by atoms with van der Waals surface area (Å²) in [6.07, 6.45) is 4.63. The van der Waals surface area contributed by atoms with Gasteiger partial charge in [0, 0.05) is 6.61 Å². The Morgan fingerprint density at radius 1 is 0.773 bits per heavy atom. The van der Waals surface area contributed by atoms with E-state index in [9.17, 15) is 5.11 Å². The number of rotatable bonds is 10. The van der Waals surface area contributed by atoms with Crippen LogP contribution >= 0.6 is 0 Å². The quantitative estimate of drug-likeness (QED) is 0.660. The first kappa shape index (κ1) is 16.7. The lowest BCUT2D eigenvalue weighted by Crippen LogP contribution is -2.10. The van der Waals surface area contributed by atoms with Crippen molar-refractivity contribution in [2.45, 2.75) is 44.8 Å². The second kappa shape index (κ2) is 10.1. The minimum absolute atomic E-state index is 0.244. The summed E-state index contributed by atoms with van der Waals surface area (Å²) in [7, 11) is 0. The molecule has 0 aliphatic heterocycles. The molecule has 1 atom stereocenters. The fourth-order valence-corrected chi connectivity index (χ4v) is 2.48. The van der Waals surface area contributed by atoms with Gasteiger partial charge in [0.1, 0.15) is 0 Å². The van der Waals surface area contributed by atoms with Crippen LogP contribution < -0.4 is 0 Å². The Labute approximate surface area is 133 Å². The van der Waals surface area contributed by atoms with Crippen molar-refractivity contribution in [3.05, 3.63) is 71.8 Å². The predicted molar refractivity (Wildman–Crippen MR) is 90.7 cm³/mol. The average molecular weight is 298 g/mol. The van der Waals surface area contributed by atoms with Gasteiger partial charge in [0.05, 0.1) is 12.7 Å². The second-order valence-corrected chi connectivity index (χ2v) is 5.71. The number of aliphatic hydroxyl groups is 1. The summed E-state index contributed by atoms with van der Waals surface area (Å²) in [5.74, 6) is 0. The van der Waals surface area contributed by atoms with E-state index in [0.717, 1.165) is 32.1 Å². The Kier molecular flexibility index (Phi) is 7.71. The number of unbranched alkanes of at least 4 members (excludes halogenated alkanes) is 1. The summed E-state index contributed by atoms with van der Waals surface area (Å²) in [4.78, 5) is 0. The molecular formula is C20H26O2. The number of aliphatic hydroxyl groups excluding tert-OH is 1. The summed E-state index contributed by atoms with van der Waals surface area (Å²) in [5, 5.41) is 9.96. The highest BCUT2D eigenvalue weighted by molar-refractivity contribution is 5.14. The van der Waals surface area contributed by atoms with Crippen LogP contribution in [0.15, 0.2) is 60.7 Å². The third-order valence-corrected chi connectivity index (χ3v) is 3.80. The van der Waals surface area contributed by atoms with Crippen molar-refractivity contribution in [3.63, 3.8) is 0 Å². The molecule has 0 aromatic heterocycles. The van der Waals surface area contributed by atoms with Crippen molar-refractivity contribution in [2.24, 2.45) is 0 Å². The normalized spacial score (nSPS) is 12.2. The van der Waals surface area contributed by atoms with E-state index in [2.05, 4.69) is 36.4 Å². The topological polar surface area (TPSA) is 29.5 Å². The standard InChI is InChI=1S/C20H26O2/c21-20(14-8-7-11-18-9-3-1-4-10-18)15-16-22-17-19-12-5-2-6-13-19/h1-6,9-10,12-13,20-21H,7-8,11,14-17H2/t20-/m0/s1. The van der Waals surface area contributed by atoms with Crippen molar-refractivity contribution in [3.8, 4) is 0 Å². The van der Waals surface area contributed by atoms with Crippen LogP contribution in [0.1, 0.15) is 36.8 Å². The summed E-state index contributed by atoms with van der Waals surface area (Å²) in [6.45, 7) is 1.25. The minimum Gasteiger partial charge on any atom is -0.393 e. The zero-order valence-corrected chi connectivity index (χ0v) is 13.2. The minimum atomic E-state index is -0.244. The SMILES string of the molecule is O[C@@H](CCCCc1ccccc1)CCOCc1ccccc1. The van der Waals surface area contributed by atoms with E-state index in [1.807, 2.05) is 24.3 Å². The molecule has 2 nitrogen and oxygen atoms in total. The molecule has 0 heterocycles. The molecule has 0 amide bonds. The molecule has 0 aliphatic carbocycles. The number of hydrogen-bond donors (Lipinski definition) is 1. The Morgan fingerprint density at radius 3 is 2.09 bits per heavy atom. The van der Waals surface area contributed by atoms with Gasteiger partial charge in [-0.05, 0) is 36.8 Å². The Bertz CT molecular complexity index is 448. The summed E-state index contributed by atoms with van der Waals surface area (Å²) < 4.78 is 5.61. The van der Waals surface area contributed by atoms with Crippen LogP contribution in [0.2, 0.25) is 0 Å². The first-order valence-electron chi connectivity index (χ1n) is 8.18. The summed E-state index contributed by atoms with van der Waals surface area (Å²) in [5.41, 5.74) is 2.56. The van der Waals surface area contributed by atoms with Crippen molar-refractivity contribution >= 4 is 0 Å². The smallest absolute Gasteiger partial charge is 0.0716 e. The third kappa shape index (κ3) is 6.88. The lowest BCUT2D eigenvalue weighted by molar-refractivity contribution is 0.0690. The lowest BCUT2D eigenvalue weighted by atomic mass is 10.0. The summed E-state index contributed by atoms with van der Waals surface area (Å²) >= 11 is 0. The molecule has 1 N–H and O–H groups in total. The molecule has 0 radical (unpaired) electrons. The monoisotopic (exact) mass is 298 g/mol. The molecule has 0 unspecified atom stereocenters. The highest BCUT2D eigenvalue weighted by atomic mass is 16.5. The molecular weight excluding hydrogens is 272 g/mol. The van der Waals surface area contributed by atoms with E-state index in [1.54, 1.807) is 0 Å². The maximum absolute atomic E-state index is 9.96. The van der Waals surface area contributed by atoms with Crippen LogP contribution in [0.4, 0.5) is 0 Å². The van der Waals surface area contributed by atoms with Gasteiger partial charge < -0.3 is 9.84 Å². The number of hydrogen-bond acceptors (Lipinski definition) is 2. The van der Waals surface area contributed by atoms with Crippen molar-refractivity contribution in [1.82, 2.24) is 0 Å². The van der Waals surface area contributed by atoms with Crippen LogP contribution in [-0.2, 0) is 17.8 Å². The molecule has 2 heteroatoms. The van der Waals surface area contributed by atoms with Crippen LogP contribution in [-0.4, -0.2) is 17.8 Å². The van der Waals surface area contributed by atoms with Gasteiger partial charge in [-0.3, -0.25) is 0 Å². The average Bonchev–Trinajstić information content (AvgIpc) is 2.57. The van der Waals surface area contributed by atoms with Gasteiger partial charge in [-0.15, -0.1) is 0 Å². The molecule has 2 aromatic rings. The second-order valence-electron chi connectivity index (χ2n) is 5.71. The molecule has 2 rings (SSSR count). The molecule has 0 bridgehead atoms. The zero-order valence-electron chi connectivity index (χ0n) is 13.2. The Balaban J connectivity index is 1.48. The van der Waals surface area contributed by atoms with Crippen molar-refractivity contribution in [1.29, 1.82) is 0 Å². The van der Waals surface area contributed by atoms with Gasteiger partial charge in [0.15, 0.2) is 0 Å². The zero-order chi connectivity index (χ0) is 15.5. The van der Waals surface area contributed by atoms with Gasteiger partial charge in [-0.2, -0.15) is 0 Å². The Morgan fingerprint density at radius 2 is 1.41 bits per heavy atom. The number of aryl methyl sites for hydroxylation is 1. The van der Waals surface area contributed by atoms with E-state index in [0.29, 0.717) is 13.2 Å². The molecule has 118 valence electrons. The van der Waals surface area contributed by atoms with Gasteiger partial charge in [-0.1, -0.05) is 67.1 Å². The molecule has 0 saturated heterocycles. The first-order valence-corrected chi connectivity index (χ1v) is 8.18. The van der Waals surface area contributed by atoms with Gasteiger partial charge in [0.2, 0.25) is 0 Å². The fraction of sp³-hybridized carbons (Fsp3) is 0.400. The lowest BCUT2D eigenvalue weighted by Gasteiger charge is -2.11. The van der Waals surface area contributed by atoms with Crippen LogP contribution in [0.5, 0.6) is 0 Å². The third-order valence-electron chi connectivity index (χ3n) is 3.80. The highest BCUT2D eigenvalue weighted by Crippen LogP contribution is 2.10. The molecule has 0 spiro atoms. The Hall–Kier alpha value is -1.64. The van der Waals surface area contributed by atoms with Crippen molar-refractivity contribution in [2.75, 3.05) is 6.61 Å². The molecule has 0 saturated carbocycles. The van der Waals surface area contributed by atoms with Crippen LogP contribution in [0.25, 0.3) is 0 Å². The highest BCUT2D eigenvalue weighted by Gasteiger charge is 2.04. The van der Waals surface area contributed by atoms with E-state index >= 15 is 0 Å². The van der Waals surface area contributed by atoms with Crippen LogP contribution in [0.3, 0.4) is 0 Å². The number of benzene rings is 2. The molecule has 2 aromatic carbocycles. The largest absolute Gasteiger partial charge is 0.393 e. The fourth-order valence-electron chi connectivity index (χ4n) is 2.48. The van der Waals surface area contributed by atoms with E-state index in [4.69, 9.17) is 4.74 Å². The molecule has 22 heavy (non-hydrogen) atoms. The maximum Gasteiger partial charge on any atom is 0.0716 e.